The van der Waals surface area contributed by atoms with E-state index in [1.54, 1.807) is 6.08 Å². The molecule has 0 aromatic heterocycles. The van der Waals surface area contributed by atoms with Gasteiger partial charge in [0, 0.05) is 14.2 Å². The average Bonchev–Trinajstić information content (AvgIpc) is 2.32. The van der Waals surface area contributed by atoms with Crippen LogP contribution in [0.3, 0.4) is 0 Å². The molecule has 8 heteroatoms. The molecule has 0 spiro atoms. The Kier molecular flexibility index (Phi) is 8.06. The zero-order valence-electron chi connectivity index (χ0n) is 10.9. The SMILES string of the molecule is COP(=O)(OC)OC[C@H](OCC=C(C)C)C(=O)O. The first-order chi connectivity index (χ1) is 8.34. The van der Waals surface area contributed by atoms with Gasteiger partial charge in [0.25, 0.3) is 0 Å². The van der Waals surface area contributed by atoms with Gasteiger partial charge < -0.3 is 9.84 Å². The molecule has 0 aromatic carbocycles. The van der Waals surface area contributed by atoms with Crippen LogP contribution in [-0.2, 0) is 27.7 Å². The van der Waals surface area contributed by atoms with Crippen molar-refractivity contribution in [3.05, 3.63) is 11.6 Å². The molecule has 0 fully saturated rings. The van der Waals surface area contributed by atoms with Gasteiger partial charge in [0.15, 0.2) is 6.10 Å². The molecule has 7 nitrogen and oxygen atoms in total. The summed E-state index contributed by atoms with van der Waals surface area (Å²) in [7, 11) is -1.40. The first kappa shape index (κ1) is 17.3. The summed E-state index contributed by atoms with van der Waals surface area (Å²) in [6.07, 6.45) is 0.488. The normalized spacial score (nSPS) is 13.1. The van der Waals surface area contributed by atoms with Crippen molar-refractivity contribution in [1.82, 2.24) is 0 Å². The fourth-order valence-corrected chi connectivity index (χ4v) is 1.54. The highest BCUT2D eigenvalue weighted by molar-refractivity contribution is 7.48. The minimum atomic E-state index is -3.68. The predicted octanol–water partition coefficient (Wildman–Crippen LogP) is 1.84. The van der Waals surface area contributed by atoms with Crippen molar-refractivity contribution in [2.45, 2.75) is 20.0 Å². The predicted molar refractivity (Wildman–Crippen MR) is 64.4 cm³/mol. The van der Waals surface area contributed by atoms with Gasteiger partial charge in [0.05, 0.1) is 13.2 Å². The van der Waals surface area contributed by atoms with Crippen molar-refractivity contribution in [2.24, 2.45) is 0 Å². The topological polar surface area (TPSA) is 91.3 Å². The summed E-state index contributed by atoms with van der Waals surface area (Å²) in [6, 6.07) is 0. The van der Waals surface area contributed by atoms with E-state index < -0.39 is 26.5 Å². The van der Waals surface area contributed by atoms with Crippen molar-refractivity contribution < 1.29 is 32.8 Å². The lowest BCUT2D eigenvalue weighted by Gasteiger charge is -2.17. The van der Waals surface area contributed by atoms with Gasteiger partial charge in [-0.15, -0.1) is 0 Å². The number of carboxylic acid groups (broad SMARTS) is 1. The molecule has 0 saturated heterocycles. The minimum absolute atomic E-state index is 0.132. The summed E-state index contributed by atoms with van der Waals surface area (Å²) >= 11 is 0. The largest absolute Gasteiger partial charge is 0.479 e. The molecule has 1 atom stereocenters. The van der Waals surface area contributed by atoms with Crippen molar-refractivity contribution in [3.8, 4) is 0 Å². The second-order valence-electron chi connectivity index (χ2n) is 3.55. The van der Waals surface area contributed by atoms with Crippen molar-refractivity contribution in [1.29, 1.82) is 0 Å². The lowest BCUT2D eigenvalue weighted by atomic mass is 10.3. The molecule has 1 N–H and O–H groups in total. The van der Waals surface area contributed by atoms with E-state index in [4.69, 9.17) is 14.4 Å². The summed E-state index contributed by atoms with van der Waals surface area (Å²) in [5.41, 5.74) is 1.000. The summed E-state index contributed by atoms with van der Waals surface area (Å²) in [6.45, 7) is 3.43. The highest BCUT2D eigenvalue weighted by Gasteiger charge is 2.27. The van der Waals surface area contributed by atoms with E-state index in [0.29, 0.717) is 0 Å². The molecule has 0 rings (SSSR count). The molecule has 0 aliphatic rings. The lowest BCUT2D eigenvalue weighted by molar-refractivity contribution is -0.151. The molecule has 0 aliphatic carbocycles. The van der Waals surface area contributed by atoms with Crippen molar-refractivity contribution >= 4 is 13.8 Å². The summed E-state index contributed by atoms with van der Waals surface area (Å²) in [5.74, 6) is -1.21. The van der Waals surface area contributed by atoms with E-state index in [1.165, 1.54) is 0 Å². The monoisotopic (exact) mass is 282 g/mol. The fraction of sp³-hybridized carbons (Fsp3) is 0.700. The summed E-state index contributed by atoms with van der Waals surface area (Å²) in [4.78, 5) is 10.9. The molecular formula is C10H19O7P. The number of phosphoric acid groups is 1. The fourth-order valence-electron chi connectivity index (χ4n) is 0.861. The maximum Gasteiger partial charge on any atom is 0.474 e. The van der Waals surface area contributed by atoms with Crippen LogP contribution in [0.2, 0.25) is 0 Å². The molecule has 106 valence electrons. The average molecular weight is 282 g/mol. The number of rotatable bonds is 9. The zero-order valence-corrected chi connectivity index (χ0v) is 11.8. The number of carbonyl (C=O) groups is 1. The van der Waals surface area contributed by atoms with Crippen LogP contribution in [0.15, 0.2) is 11.6 Å². The molecule has 0 aromatic rings. The molecule has 18 heavy (non-hydrogen) atoms. The van der Waals surface area contributed by atoms with E-state index in [1.807, 2.05) is 13.8 Å². The summed E-state index contributed by atoms with van der Waals surface area (Å²) in [5, 5.41) is 8.88. The second kappa shape index (κ2) is 8.39. The molecule has 0 radical (unpaired) electrons. The Morgan fingerprint density at radius 2 is 1.89 bits per heavy atom. The number of phosphoric ester groups is 1. The number of ether oxygens (including phenoxy) is 1. The maximum atomic E-state index is 11.5. The lowest BCUT2D eigenvalue weighted by Crippen LogP contribution is -2.29. The van der Waals surface area contributed by atoms with Gasteiger partial charge in [0.1, 0.15) is 0 Å². The van der Waals surface area contributed by atoms with Crippen LogP contribution in [0.25, 0.3) is 0 Å². The number of hydrogen-bond donors (Lipinski definition) is 1. The number of carboxylic acids is 1. The van der Waals surface area contributed by atoms with Crippen LogP contribution in [0.5, 0.6) is 0 Å². The molecule has 0 unspecified atom stereocenters. The van der Waals surface area contributed by atoms with Crippen LogP contribution < -0.4 is 0 Å². The van der Waals surface area contributed by atoms with Crippen LogP contribution in [0.4, 0.5) is 0 Å². The van der Waals surface area contributed by atoms with Gasteiger partial charge in [-0.05, 0) is 13.8 Å². The molecule has 0 bridgehead atoms. The van der Waals surface area contributed by atoms with Crippen molar-refractivity contribution in [3.63, 3.8) is 0 Å². The maximum absolute atomic E-state index is 11.5. The quantitative estimate of drug-likeness (QED) is 0.509. The third kappa shape index (κ3) is 6.88. The highest BCUT2D eigenvalue weighted by Crippen LogP contribution is 2.47. The zero-order chi connectivity index (χ0) is 14.2. The van der Waals surface area contributed by atoms with Crippen LogP contribution >= 0.6 is 7.82 Å². The van der Waals surface area contributed by atoms with Gasteiger partial charge in [-0.25, -0.2) is 9.36 Å². The number of allylic oxidation sites excluding steroid dienone is 1. The number of hydrogen-bond acceptors (Lipinski definition) is 6. The Morgan fingerprint density at radius 1 is 1.33 bits per heavy atom. The summed E-state index contributed by atoms with van der Waals surface area (Å²) < 4.78 is 30.4. The molecule has 0 heterocycles. The van der Waals surface area contributed by atoms with E-state index in [-0.39, 0.29) is 6.61 Å². The Morgan fingerprint density at radius 3 is 2.28 bits per heavy atom. The first-order valence-corrected chi connectivity index (χ1v) is 6.64. The van der Waals surface area contributed by atoms with Gasteiger partial charge in [0.2, 0.25) is 0 Å². The van der Waals surface area contributed by atoms with Gasteiger partial charge in [-0.1, -0.05) is 11.6 Å². The van der Waals surface area contributed by atoms with E-state index in [0.717, 1.165) is 19.8 Å². The highest BCUT2D eigenvalue weighted by atomic mass is 31.2. The Bertz CT molecular complexity index is 327. The van der Waals surface area contributed by atoms with E-state index in [2.05, 4.69) is 9.05 Å². The first-order valence-electron chi connectivity index (χ1n) is 5.18. The standard InChI is InChI=1S/C10H19O7P/c1-8(2)5-6-16-9(10(11)12)7-17-18(13,14-3)15-4/h5,9H,6-7H2,1-4H3,(H,11,12)/t9-/m0/s1. The Labute approximate surface area is 106 Å². The molecule has 0 aliphatic heterocycles. The number of aliphatic carboxylic acids is 1. The van der Waals surface area contributed by atoms with Crippen LogP contribution in [0.1, 0.15) is 13.8 Å². The third-order valence-electron chi connectivity index (χ3n) is 1.90. The minimum Gasteiger partial charge on any atom is -0.479 e. The Hall–Kier alpha value is -0.720. The van der Waals surface area contributed by atoms with Crippen LogP contribution in [-0.4, -0.2) is 44.6 Å². The van der Waals surface area contributed by atoms with E-state index in [9.17, 15) is 9.36 Å². The van der Waals surface area contributed by atoms with E-state index >= 15 is 0 Å². The molecule has 0 saturated carbocycles. The molecular weight excluding hydrogens is 263 g/mol. The Balaban J connectivity index is 4.33. The van der Waals surface area contributed by atoms with Gasteiger partial charge in [-0.2, -0.15) is 0 Å². The second-order valence-corrected chi connectivity index (χ2v) is 5.43. The third-order valence-corrected chi connectivity index (χ3v) is 3.26. The smallest absolute Gasteiger partial charge is 0.474 e. The van der Waals surface area contributed by atoms with Gasteiger partial charge in [-0.3, -0.25) is 13.6 Å². The molecule has 0 amide bonds. The van der Waals surface area contributed by atoms with Crippen LogP contribution in [0, 0.1) is 0 Å². The van der Waals surface area contributed by atoms with Crippen molar-refractivity contribution in [2.75, 3.05) is 27.4 Å². The van der Waals surface area contributed by atoms with Gasteiger partial charge >= 0.3 is 13.8 Å².